The lowest BCUT2D eigenvalue weighted by Gasteiger charge is -1.99. The van der Waals surface area contributed by atoms with Gasteiger partial charge in [0.1, 0.15) is 5.82 Å². The summed E-state index contributed by atoms with van der Waals surface area (Å²) in [5.41, 5.74) is 1.44. The first kappa shape index (κ1) is 13.1. The quantitative estimate of drug-likeness (QED) is 0.792. The van der Waals surface area contributed by atoms with Crippen LogP contribution < -0.4 is 5.11 Å². The maximum absolute atomic E-state index is 12.9. The molecule has 0 aliphatic heterocycles. The summed E-state index contributed by atoms with van der Waals surface area (Å²) in [6.07, 6.45) is 1.33. The lowest BCUT2D eigenvalue weighted by atomic mass is 10.2. The third-order valence-corrected chi connectivity index (χ3v) is 2.94. The summed E-state index contributed by atoms with van der Waals surface area (Å²) in [4.78, 5) is 17.9. The molecule has 0 radical (unpaired) electrons. The zero-order valence-corrected chi connectivity index (χ0v) is 10.8. The number of hydrogen-bond donors (Lipinski definition) is 1. The van der Waals surface area contributed by atoms with E-state index in [2.05, 4.69) is 9.97 Å². The van der Waals surface area contributed by atoms with Gasteiger partial charge < -0.3 is 19.3 Å². The Bertz CT molecular complexity index is 761. The molecule has 0 aliphatic carbocycles. The van der Waals surface area contributed by atoms with E-state index in [0.717, 1.165) is 0 Å². The van der Waals surface area contributed by atoms with Gasteiger partial charge in [0.15, 0.2) is 5.76 Å². The van der Waals surface area contributed by atoms with Crippen molar-refractivity contribution in [2.24, 2.45) is 0 Å². The van der Waals surface area contributed by atoms with Crippen LogP contribution in [0.3, 0.4) is 0 Å². The number of rotatable bonds is 4. The highest BCUT2D eigenvalue weighted by atomic mass is 19.1. The molecule has 6 heteroatoms. The fourth-order valence-electron chi connectivity index (χ4n) is 2.01. The lowest BCUT2D eigenvalue weighted by Crippen LogP contribution is -2.24. The Morgan fingerprint density at radius 3 is 2.67 bits per heavy atom. The Kier molecular flexibility index (Phi) is 3.27. The van der Waals surface area contributed by atoms with E-state index >= 15 is 0 Å². The number of aromatic nitrogens is 2. The minimum Gasteiger partial charge on any atom is -0.550 e. The van der Waals surface area contributed by atoms with Gasteiger partial charge >= 0.3 is 0 Å². The summed E-state index contributed by atoms with van der Waals surface area (Å²) in [5.74, 6) is -1.05. The smallest absolute Gasteiger partial charge is 0.227 e. The SMILES string of the molecule is O=C([O-])Cc1nc(-c2ccc(F)cc2)oc1-c1ccc[nH]1. The molecule has 0 fully saturated rings. The maximum atomic E-state index is 12.9. The van der Waals surface area contributed by atoms with Crippen LogP contribution in [-0.4, -0.2) is 15.9 Å². The molecule has 5 nitrogen and oxygen atoms in total. The number of aliphatic carboxylic acids is 1. The number of nitrogens with zero attached hydrogens (tertiary/aromatic N) is 1. The number of nitrogens with one attached hydrogen (secondary N) is 1. The Morgan fingerprint density at radius 2 is 2.05 bits per heavy atom. The van der Waals surface area contributed by atoms with E-state index in [0.29, 0.717) is 17.0 Å². The van der Waals surface area contributed by atoms with Gasteiger partial charge in [0, 0.05) is 24.2 Å². The molecule has 1 aromatic carbocycles. The van der Waals surface area contributed by atoms with E-state index in [4.69, 9.17) is 4.42 Å². The molecule has 2 aromatic heterocycles. The van der Waals surface area contributed by atoms with Crippen LogP contribution in [0.15, 0.2) is 47.0 Å². The maximum Gasteiger partial charge on any atom is 0.227 e. The van der Waals surface area contributed by atoms with Crippen LogP contribution in [-0.2, 0) is 11.2 Å². The molecule has 3 rings (SSSR count). The summed E-state index contributed by atoms with van der Waals surface area (Å²) in [6, 6.07) is 9.11. The van der Waals surface area contributed by atoms with Crippen molar-refractivity contribution in [2.75, 3.05) is 0 Å². The minimum absolute atomic E-state index is 0.232. The molecule has 0 spiro atoms. The monoisotopic (exact) mass is 285 g/mol. The van der Waals surface area contributed by atoms with E-state index in [-0.39, 0.29) is 23.8 Å². The van der Waals surface area contributed by atoms with Crippen molar-refractivity contribution in [3.05, 3.63) is 54.1 Å². The predicted molar refractivity (Wildman–Crippen MR) is 70.4 cm³/mol. The molecule has 0 atom stereocenters. The number of carbonyl (C=O) groups is 1. The van der Waals surface area contributed by atoms with Gasteiger partial charge in [-0.1, -0.05) is 0 Å². The molecule has 0 unspecified atom stereocenters. The number of benzene rings is 1. The molecular weight excluding hydrogens is 275 g/mol. The standard InChI is InChI=1S/C15H11FN2O3/c16-10-5-3-9(4-6-10)15-18-12(8-13(19)20)14(21-15)11-2-1-7-17-11/h1-7,17H,8H2,(H,19,20)/p-1. The minimum atomic E-state index is -1.25. The Labute approximate surface area is 119 Å². The zero-order chi connectivity index (χ0) is 14.8. The number of carboxylic acids is 1. The molecule has 21 heavy (non-hydrogen) atoms. The number of carboxylic acid groups (broad SMARTS) is 1. The zero-order valence-electron chi connectivity index (χ0n) is 10.8. The number of H-pyrrole nitrogens is 1. The second-order valence-corrected chi connectivity index (χ2v) is 4.43. The largest absolute Gasteiger partial charge is 0.550 e. The Balaban J connectivity index is 2.07. The van der Waals surface area contributed by atoms with Crippen molar-refractivity contribution in [3.8, 4) is 22.9 Å². The van der Waals surface area contributed by atoms with Crippen molar-refractivity contribution in [3.63, 3.8) is 0 Å². The highest BCUT2D eigenvalue weighted by molar-refractivity contribution is 5.72. The van der Waals surface area contributed by atoms with Crippen LogP contribution in [0.25, 0.3) is 22.9 Å². The fraction of sp³-hybridized carbons (Fsp3) is 0.0667. The summed E-state index contributed by atoms with van der Waals surface area (Å²) < 4.78 is 18.6. The van der Waals surface area contributed by atoms with E-state index in [1.807, 2.05) is 0 Å². The first-order valence-electron chi connectivity index (χ1n) is 6.23. The van der Waals surface area contributed by atoms with Gasteiger partial charge in [-0.15, -0.1) is 0 Å². The van der Waals surface area contributed by atoms with Crippen LogP contribution in [0.2, 0.25) is 0 Å². The van der Waals surface area contributed by atoms with Gasteiger partial charge in [-0.25, -0.2) is 9.37 Å². The third-order valence-electron chi connectivity index (χ3n) is 2.94. The number of oxazole rings is 1. The van der Waals surface area contributed by atoms with Gasteiger partial charge in [0.05, 0.1) is 11.4 Å². The molecular formula is C15H10FN2O3-. The molecule has 0 saturated carbocycles. The van der Waals surface area contributed by atoms with Crippen LogP contribution >= 0.6 is 0 Å². The topological polar surface area (TPSA) is 81.9 Å². The second-order valence-electron chi connectivity index (χ2n) is 4.43. The summed E-state index contributed by atoms with van der Waals surface area (Å²) in [7, 11) is 0. The first-order chi connectivity index (χ1) is 10.1. The fourth-order valence-corrected chi connectivity index (χ4v) is 2.01. The molecule has 0 amide bonds. The van der Waals surface area contributed by atoms with Crippen molar-refractivity contribution >= 4 is 5.97 Å². The van der Waals surface area contributed by atoms with Crippen LogP contribution in [0.4, 0.5) is 4.39 Å². The molecule has 106 valence electrons. The number of halogens is 1. The van der Waals surface area contributed by atoms with Crippen LogP contribution in [0.1, 0.15) is 5.69 Å². The average Bonchev–Trinajstić information content (AvgIpc) is 3.08. The van der Waals surface area contributed by atoms with Gasteiger partial charge in [-0.2, -0.15) is 0 Å². The van der Waals surface area contributed by atoms with E-state index in [1.54, 1.807) is 18.3 Å². The molecule has 0 aliphatic rings. The normalized spacial score (nSPS) is 10.7. The Morgan fingerprint density at radius 1 is 1.29 bits per heavy atom. The van der Waals surface area contributed by atoms with E-state index in [1.165, 1.54) is 24.3 Å². The summed E-state index contributed by atoms with van der Waals surface area (Å²) in [6.45, 7) is 0. The van der Waals surface area contributed by atoms with Crippen molar-refractivity contribution < 1.29 is 18.7 Å². The molecule has 0 saturated heterocycles. The molecule has 3 aromatic rings. The predicted octanol–water partition coefficient (Wildman–Crippen LogP) is 1.77. The third kappa shape index (κ3) is 2.69. The molecule has 1 N–H and O–H groups in total. The van der Waals surface area contributed by atoms with Gasteiger partial charge in [0.25, 0.3) is 0 Å². The van der Waals surface area contributed by atoms with Gasteiger partial charge in [-0.05, 0) is 36.4 Å². The van der Waals surface area contributed by atoms with Crippen LogP contribution in [0, 0.1) is 5.82 Å². The summed E-state index contributed by atoms with van der Waals surface area (Å²) in [5, 5.41) is 10.8. The van der Waals surface area contributed by atoms with E-state index < -0.39 is 5.97 Å². The first-order valence-corrected chi connectivity index (χ1v) is 6.23. The van der Waals surface area contributed by atoms with Crippen LogP contribution in [0.5, 0.6) is 0 Å². The van der Waals surface area contributed by atoms with E-state index in [9.17, 15) is 14.3 Å². The second kappa shape index (κ2) is 5.24. The molecule has 2 heterocycles. The van der Waals surface area contributed by atoms with Crippen molar-refractivity contribution in [2.45, 2.75) is 6.42 Å². The highest BCUT2D eigenvalue weighted by Crippen LogP contribution is 2.29. The number of aromatic amines is 1. The number of carbonyl (C=O) groups excluding carboxylic acids is 1. The average molecular weight is 285 g/mol. The summed E-state index contributed by atoms with van der Waals surface area (Å²) >= 11 is 0. The Hall–Kier alpha value is -2.89. The highest BCUT2D eigenvalue weighted by Gasteiger charge is 2.17. The lowest BCUT2D eigenvalue weighted by molar-refractivity contribution is -0.304. The van der Waals surface area contributed by atoms with Crippen molar-refractivity contribution in [1.29, 1.82) is 0 Å². The van der Waals surface area contributed by atoms with Gasteiger partial charge in [0.2, 0.25) is 5.89 Å². The van der Waals surface area contributed by atoms with Crippen molar-refractivity contribution in [1.82, 2.24) is 9.97 Å². The number of hydrogen-bond acceptors (Lipinski definition) is 4. The van der Waals surface area contributed by atoms with Gasteiger partial charge in [-0.3, -0.25) is 0 Å². The molecule has 0 bridgehead atoms.